The average Bonchev–Trinajstić information content (AvgIpc) is 2.31. The van der Waals surface area contributed by atoms with Crippen molar-refractivity contribution >= 4 is 0 Å². The number of nitrogens with one attached hydrogen (secondary N) is 1. The number of aromatic nitrogens is 1. The number of ether oxygens (including phenoxy) is 1. The third-order valence-electron chi connectivity index (χ3n) is 2.55. The van der Waals surface area contributed by atoms with Gasteiger partial charge in [0.25, 0.3) is 0 Å². The van der Waals surface area contributed by atoms with Gasteiger partial charge in [0.2, 0.25) is 0 Å². The van der Waals surface area contributed by atoms with E-state index in [4.69, 9.17) is 4.74 Å². The monoisotopic (exact) mass is 222 g/mol. The van der Waals surface area contributed by atoms with Gasteiger partial charge in [-0.25, -0.2) is 0 Å². The largest absolute Gasteiger partial charge is 0.380 e. The zero-order valence-corrected chi connectivity index (χ0v) is 10.5. The SMILES string of the molecule is CCCNC(COCC)c1cccnc1C. The second kappa shape index (κ2) is 7.36. The van der Waals surface area contributed by atoms with Gasteiger partial charge in [-0.1, -0.05) is 13.0 Å². The van der Waals surface area contributed by atoms with E-state index in [9.17, 15) is 0 Å². The standard InChI is InChI=1S/C13H22N2O/c1-4-8-15-13(10-16-5-2)12-7-6-9-14-11(12)3/h6-7,9,13,15H,4-5,8,10H2,1-3H3. The molecule has 1 aromatic heterocycles. The first-order chi connectivity index (χ1) is 7.79. The molecule has 0 saturated heterocycles. The fraction of sp³-hybridized carbons (Fsp3) is 0.615. The molecule has 90 valence electrons. The smallest absolute Gasteiger partial charge is 0.0662 e. The fourth-order valence-corrected chi connectivity index (χ4v) is 1.68. The maximum atomic E-state index is 5.51. The van der Waals surface area contributed by atoms with Crippen molar-refractivity contribution < 1.29 is 4.74 Å². The van der Waals surface area contributed by atoms with E-state index in [0.29, 0.717) is 6.61 Å². The summed E-state index contributed by atoms with van der Waals surface area (Å²) in [6.07, 6.45) is 2.96. The Morgan fingerprint density at radius 2 is 2.25 bits per heavy atom. The fourth-order valence-electron chi connectivity index (χ4n) is 1.68. The van der Waals surface area contributed by atoms with Crippen LogP contribution in [0.2, 0.25) is 0 Å². The van der Waals surface area contributed by atoms with Crippen LogP contribution in [0, 0.1) is 6.92 Å². The molecule has 1 unspecified atom stereocenters. The summed E-state index contributed by atoms with van der Waals surface area (Å²) < 4.78 is 5.51. The van der Waals surface area contributed by atoms with Gasteiger partial charge in [0.15, 0.2) is 0 Å². The highest BCUT2D eigenvalue weighted by Gasteiger charge is 2.12. The Labute approximate surface area is 98.2 Å². The molecule has 1 aromatic rings. The summed E-state index contributed by atoms with van der Waals surface area (Å²) in [5.74, 6) is 0. The Morgan fingerprint density at radius 3 is 2.88 bits per heavy atom. The summed E-state index contributed by atoms with van der Waals surface area (Å²) in [7, 11) is 0. The molecule has 3 nitrogen and oxygen atoms in total. The van der Waals surface area contributed by atoms with Crippen LogP contribution < -0.4 is 5.32 Å². The summed E-state index contributed by atoms with van der Waals surface area (Å²) in [4.78, 5) is 4.32. The topological polar surface area (TPSA) is 34.1 Å². The van der Waals surface area contributed by atoms with Crippen LogP contribution in [0.5, 0.6) is 0 Å². The van der Waals surface area contributed by atoms with Crippen LogP contribution in [0.25, 0.3) is 0 Å². The molecule has 0 aliphatic carbocycles. The summed E-state index contributed by atoms with van der Waals surface area (Å²) >= 11 is 0. The first kappa shape index (κ1) is 13.1. The van der Waals surface area contributed by atoms with Crippen molar-refractivity contribution in [3.8, 4) is 0 Å². The number of nitrogens with zero attached hydrogens (tertiary/aromatic N) is 1. The Hall–Kier alpha value is -0.930. The van der Waals surface area contributed by atoms with Gasteiger partial charge in [-0.15, -0.1) is 0 Å². The molecule has 0 bridgehead atoms. The van der Waals surface area contributed by atoms with Gasteiger partial charge >= 0.3 is 0 Å². The molecular weight excluding hydrogens is 200 g/mol. The molecule has 0 amide bonds. The van der Waals surface area contributed by atoms with Gasteiger partial charge in [0.1, 0.15) is 0 Å². The minimum atomic E-state index is 0.258. The first-order valence-corrected chi connectivity index (χ1v) is 6.02. The predicted octanol–water partition coefficient (Wildman–Crippen LogP) is 2.47. The van der Waals surface area contributed by atoms with Gasteiger partial charge in [0.05, 0.1) is 12.6 Å². The van der Waals surface area contributed by atoms with Crippen molar-refractivity contribution in [2.24, 2.45) is 0 Å². The van der Waals surface area contributed by atoms with Crippen LogP contribution in [0.3, 0.4) is 0 Å². The molecule has 1 rings (SSSR count). The van der Waals surface area contributed by atoms with Crippen molar-refractivity contribution in [2.45, 2.75) is 33.2 Å². The summed E-state index contributed by atoms with van der Waals surface area (Å²) in [6, 6.07) is 4.36. The number of hydrogen-bond donors (Lipinski definition) is 1. The van der Waals surface area contributed by atoms with Crippen LogP contribution in [-0.4, -0.2) is 24.7 Å². The number of aryl methyl sites for hydroxylation is 1. The van der Waals surface area contributed by atoms with Crippen LogP contribution in [0.4, 0.5) is 0 Å². The average molecular weight is 222 g/mol. The summed E-state index contributed by atoms with van der Waals surface area (Å²) in [6.45, 7) is 8.70. The highest BCUT2D eigenvalue weighted by atomic mass is 16.5. The lowest BCUT2D eigenvalue weighted by molar-refractivity contribution is 0.122. The van der Waals surface area contributed by atoms with E-state index in [2.05, 4.69) is 23.3 Å². The third-order valence-corrected chi connectivity index (χ3v) is 2.55. The van der Waals surface area contributed by atoms with E-state index in [1.54, 1.807) is 0 Å². The van der Waals surface area contributed by atoms with Gasteiger partial charge in [-0.05, 0) is 38.4 Å². The molecule has 0 saturated carbocycles. The maximum Gasteiger partial charge on any atom is 0.0662 e. The van der Waals surface area contributed by atoms with Crippen LogP contribution in [0.1, 0.15) is 37.6 Å². The van der Waals surface area contributed by atoms with Crippen molar-refractivity contribution in [3.63, 3.8) is 0 Å². The first-order valence-electron chi connectivity index (χ1n) is 6.02. The highest BCUT2D eigenvalue weighted by molar-refractivity contribution is 5.22. The van der Waals surface area contributed by atoms with Gasteiger partial charge in [0, 0.05) is 18.5 Å². The van der Waals surface area contributed by atoms with Crippen molar-refractivity contribution in [1.29, 1.82) is 0 Å². The summed E-state index contributed by atoms with van der Waals surface area (Å²) in [5.41, 5.74) is 2.32. The number of hydrogen-bond acceptors (Lipinski definition) is 3. The van der Waals surface area contributed by atoms with E-state index in [0.717, 1.165) is 25.3 Å². The Balaban J connectivity index is 2.70. The van der Waals surface area contributed by atoms with E-state index in [-0.39, 0.29) is 6.04 Å². The zero-order valence-electron chi connectivity index (χ0n) is 10.5. The lowest BCUT2D eigenvalue weighted by Crippen LogP contribution is -2.27. The highest BCUT2D eigenvalue weighted by Crippen LogP contribution is 2.15. The molecule has 0 fully saturated rings. The van der Waals surface area contributed by atoms with Gasteiger partial charge < -0.3 is 10.1 Å². The molecule has 1 atom stereocenters. The molecule has 16 heavy (non-hydrogen) atoms. The van der Waals surface area contributed by atoms with E-state index < -0.39 is 0 Å². The Bertz CT molecular complexity index is 294. The minimum Gasteiger partial charge on any atom is -0.380 e. The third kappa shape index (κ3) is 3.91. The normalized spacial score (nSPS) is 12.7. The Morgan fingerprint density at radius 1 is 1.44 bits per heavy atom. The van der Waals surface area contributed by atoms with Crippen molar-refractivity contribution in [2.75, 3.05) is 19.8 Å². The van der Waals surface area contributed by atoms with Gasteiger partial charge in [-0.3, -0.25) is 4.98 Å². The summed E-state index contributed by atoms with van der Waals surface area (Å²) in [5, 5.41) is 3.50. The molecule has 0 spiro atoms. The minimum absolute atomic E-state index is 0.258. The van der Waals surface area contributed by atoms with Crippen molar-refractivity contribution in [1.82, 2.24) is 10.3 Å². The molecule has 1 heterocycles. The predicted molar refractivity (Wildman–Crippen MR) is 66.5 cm³/mol. The lowest BCUT2D eigenvalue weighted by Gasteiger charge is -2.20. The zero-order chi connectivity index (χ0) is 11.8. The maximum absolute atomic E-state index is 5.51. The number of pyridine rings is 1. The van der Waals surface area contributed by atoms with Crippen LogP contribution >= 0.6 is 0 Å². The van der Waals surface area contributed by atoms with Crippen LogP contribution in [0.15, 0.2) is 18.3 Å². The van der Waals surface area contributed by atoms with Gasteiger partial charge in [-0.2, -0.15) is 0 Å². The molecule has 0 radical (unpaired) electrons. The lowest BCUT2D eigenvalue weighted by atomic mass is 10.1. The van der Waals surface area contributed by atoms with E-state index in [1.807, 2.05) is 26.1 Å². The molecule has 0 aromatic carbocycles. The van der Waals surface area contributed by atoms with E-state index in [1.165, 1.54) is 5.56 Å². The quantitative estimate of drug-likeness (QED) is 0.769. The molecular formula is C13H22N2O. The second-order valence-corrected chi connectivity index (χ2v) is 3.84. The number of rotatable bonds is 7. The second-order valence-electron chi connectivity index (χ2n) is 3.84. The molecule has 3 heteroatoms. The van der Waals surface area contributed by atoms with E-state index >= 15 is 0 Å². The van der Waals surface area contributed by atoms with Crippen molar-refractivity contribution in [3.05, 3.63) is 29.6 Å². The molecule has 0 aliphatic rings. The molecule has 0 aliphatic heterocycles. The Kier molecular flexibility index (Phi) is 6.04. The van der Waals surface area contributed by atoms with Crippen LogP contribution in [-0.2, 0) is 4.74 Å². The molecule has 1 N–H and O–H groups in total.